The fourth-order valence-corrected chi connectivity index (χ4v) is 3.26. The first-order chi connectivity index (χ1) is 8.07. The molecule has 0 aromatic rings. The van der Waals surface area contributed by atoms with E-state index < -0.39 is 0 Å². The lowest BCUT2D eigenvalue weighted by molar-refractivity contribution is 0.139. The number of aliphatic hydroxyl groups is 1. The Morgan fingerprint density at radius 1 is 1.41 bits per heavy atom. The molecule has 0 aromatic heterocycles. The third-order valence-electron chi connectivity index (χ3n) is 4.70. The fourth-order valence-electron chi connectivity index (χ4n) is 3.26. The van der Waals surface area contributed by atoms with E-state index >= 15 is 0 Å². The SMILES string of the molecule is CCC(CC)N(C)CCC1CCCC1(N)CO. The van der Waals surface area contributed by atoms with Crippen LogP contribution < -0.4 is 5.73 Å². The molecule has 2 unspecified atom stereocenters. The molecule has 17 heavy (non-hydrogen) atoms. The zero-order chi connectivity index (χ0) is 12.9. The minimum atomic E-state index is -0.297. The molecule has 1 aliphatic rings. The summed E-state index contributed by atoms with van der Waals surface area (Å²) < 4.78 is 0. The molecule has 2 atom stereocenters. The summed E-state index contributed by atoms with van der Waals surface area (Å²) in [5.74, 6) is 0.504. The van der Waals surface area contributed by atoms with Gasteiger partial charge in [-0.05, 0) is 51.6 Å². The molecule has 3 heteroatoms. The zero-order valence-corrected chi connectivity index (χ0v) is 11.8. The van der Waals surface area contributed by atoms with Gasteiger partial charge in [0.1, 0.15) is 0 Å². The molecule has 102 valence electrons. The van der Waals surface area contributed by atoms with E-state index in [-0.39, 0.29) is 12.1 Å². The van der Waals surface area contributed by atoms with E-state index in [1.807, 2.05) is 0 Å². The maximum Gasteiger partial charge on any atom is 0.0613 e. The van der Waals surface area contributed by atoms with Gasteiger partial charge in [-0.15, -0.1) is 0 Å². The van der Waals surface area contributed by atoms with Crippen molar-refractivity contribution in [2.75, 3.05) is 20.2 Å². The number of hydrogen-bond donors (Lipinski definition) is 2. The molecule has 1 fully saturated rings. The highest BCUT2D eigenvalue weighted by atomic mass is 16.3. The van der Waals surface area contributed by atoms with Crippen LogP contribution in [-0.2, 0) is 0 Å². The molecule has 0 heterocycles. The first-order valence-corrected chi connectivity index (χ1v) is 7.17. The van der Waals surface area contributed by atoms with Crippen LogP contribution in [0.5, 0.6) is 0 Å². The molecular weight excluding hydrogens is 212 g/mol. The van der Waals surface area contributed by atoms with Crippen molar-refractivity contribution in [1.82, 2.24) is 4.90 Å². The molecule has 0 amide bonds. The van der Waals surface area contributed by atoms with Crippen molar-refractivity contribution in [3.05, 3.63) is 0 Å². The average Bonchev–Trinajstić information content (AvgIpc) is 2.70. The summed E-state index contributed by atoms with van der Waals surface area (Å²) in [5.41, 5.74) is 5.96. The monoisotopic (exact) mass is 242 g/mol. The van der Waals surface area contributed by atoms with Crippen molar-refractivity contribution < 1.29 is 5.11 Å². The van der Waals surface area contributed by atoms with E-state index in [0.717, 1.165) is 19.4 Å². The van der Waals surface area contributed by atoms with Gasteiger partial charge in [0.25, 0.3) is 0 Å². The van der Waals surface area contributed by atoms with Crippen molar-refractivity contribution in [2.45, 2.75) is 64.0 Å². The molecular formula is C14H30N2O. The summed E-state index contributed by atoms with van der Waals surface area (Å²) in [6.45, 7) is 5.75. The molecule has 0 saturated heterocycles. The van der Waals surface area contributed by atoms with Crippen LogP contribution in [0.3, 0.4) is 0 Å². The van der Waals surface area contributed by atoms with Gasteiger partial charge < -0.3 is 15.7 Å². The third-order valence-corrected chi connectivity index (χ3v) is 4.70. The second kappa shape index (κ2) is 6.72. The molecule has 0 aromatic carbocycles. The summed E-state index contributed by atoms with van der Waals surface area (Å²) in [6.07, 6.45) is 6.91. The highest BCUT2D eigenvalue weighted by molar-refractivity contribution is 4.96. The van der Waals surface area contributed by atoms with Gasteiger partial charge in [0.2, 0.25) is 0 Å². The Morgan fingerprint density at radius 2 is 2.06 bits per heavy atom. The fraction of sp³-hybridized carbons (Fsp3) is 1.00. The van der Waals surface area contributed by atoms with Crippen LogP contribution in [-0.4, -0.2) is 41.8 Å². The Balaban J connectivity index is 2.39. The van der Waals surface area contributed by atoms with Crippen molar-refractivity contribution in [2.24, 2.45) is 11.7 Å². The Bertz CT molecular complexity index is 218. The lowest BCUT2D eigenvalue weighted by Crippen LogP contribution is -2.48. The lowest BCUT2D eigenvalue weighted by Gasteiger charge is -2.32. The van der Waals surface area contributed by atoms with Gasteiger partial charge >= 0.3 is 0 Å². The first kappa shape index (κ1) is 14.9. The normalized spacial score (nSPS) is 29.5. The maximum absolute atomic E-state index is 9.42. The topological polar surface area (TPSA) is 49.5 Å². The van der Waals surface area contributed by atoms with E-state index in [9.17, 15) is 5.11 Å². The van der Waals surface area contributed by atoms with Crippen LogP contribution in [0, 0.1) is 5.92 Å². The number of nitrogens with two attached hydrogens (primary N) is 1. The second-order valence-electron chi connectivity index (χ2n) is 5.72. The molecule has 0 radical (unpaired) electrons. The highest BCUT2D eigenvalue weighted by Crippen LogP contribution is 2.35. The smallest absolute Gasteiger partial charge is 0.0613 e. The number of nitrogens with zero attached hydrogens (tertiary/aromatic N) is 1. The van der Waals surface area contributed by atoms with Crippen LogP contribution in [0.15, 0.2) is 0 Å². The predicted molar refractivity (Wildman–Crippen MR) is 73.0 cm³/mol. The summed E-state index contributed by atoms with van der Waals surface area (Å²) in [5, 5.41) is 9.42. The quantitative estimate of drug-likeness (QED) is 0.718. The van der Waals surface area contributed by atoms with E-state index in [4.69, 9.17) is 5.73 Å². The van der Waals surface area contributed by atoms with Gasteiger partial charge in [-0.25, -0.2) is 0 Å². The Morgan fingerprint density at radius 3 is 2.59 bits per heavy atom. The Hall–Kier alpha value is -0.120. The van der Waals surface area contributed by atoms with Crippen molar-refractivity contribution in [3.8, 4) is 0 Å². The van der Waals surface area contributed by atoms with Gasteiger partial charge in [0, 0.05) is 11.6 Å². The summed E-state index contributed by atoms with van der Waals surface area (Å²) in [4.78, 5) is 2.45. The molecule has 0 spiro atoms. The third kappa shape index (κ3) is 3.67. The maximum atomic E-state index is 9.42. The van der Waals surface area contributed by atoms with Crippen molar-refractivity contribution >= 4 is 0 Å². The van der Waals surface area contributed by atoms with E-state index in [1.165, 1.54) is 25.7 Å². The molecule has 3 nitrogen and oxygen atoms in total. The molecule has 1 aliphatic carbocycles. The van der Waals surface area contributed by atoms with Gasteiger partial charge in [-0.1, -0.05) is 20.3 Å². The zero-order valence-electron chi connectivity index (χ0n) is 11.8. The predicted octanol–water partition coefficient (Wildman–Crippen LogP) is 1.99. The largest absolute Gasteiger partial charge is 0.394 e. The number of hydrogen-bond acceptors (Lipinski definition) is 3. The number of rotatable bonds is 7. The first-order valence-electron chi connectivity index (χ1n) is 7.17. The van der Waals surface area contributed by atoms with Crippen LogP contribution in [0.1, 0.15) is 52.4 Å². The van der Waals surface area contributed by atoms with Crippen LogP contribution in [0.2, 0.25) is 0 Å². The van der Waals surface area contributed by atoms with Crippen LogP contribution >= 0.6 is 0 Å². The summed E-state index contributed by atoms with van der Waals surface area (Å²) in [6, 6.07) is 0.692. The number of aliphatic hydroxyl groups excluding tert-OH is 1. The van der Waals surface area contributed by atoms with Gasteiger partial charge in [-0.3, -0.25) is 0 Å². The lowest BCUT2D eigenvalue weighted by atomic mass is 9.86. The van der Waals surface area contributed by atoms with Crippen LogP contribution in [0.4, 0.5) is 0 Å². The average molecular weight is 242 g/mol. The Labute approximate surface area is 106 Å². The molecule has 1 rings (SSSR count). The van der Waals surface area contributed by atoms with Crippen molar-refractivity contribution in [1.29, 1.82) is 0 Å². The minimum absolute atomic E-state index is 0.145. The van der Waals surface area contributed by atoms with Crippen LogP contribution in [0.25, 0.3) is 0 Å². The second-order valence-corrected chi connectivity index (χ2v) is 5.72. The molecule has 0 aliphatic heterocycles. The van der Waals surface area contributed by atoms with E-state index in [0.29, 0.717) is 12.0 Å². The summed E-state index contributed by atoms with van der Waals surface area (Å²) in [7, 11) is 2.21. The van der Waals surface area contributed by atoms with Gasteiger partial charge in [0.15, 0.2) is 0 Å². The van der Waals surface area contributed by atoms with Gasteiger partial charge in [0.05, 0.1) is 6.61 Å². The molecule has 3 N–H and O–H groups in total. The van der Waals surface area contributed by atoms with E-state index in [1.54, 1.807) is 0 Å². The van der Waals surface area contributed by atoms with Gasteiger partial charge in [-0.2, -0.15) is 0 Å². The minimum Gasteiger partial charge on any atom is -0.394 e. The standard InChI is InChI=1S/C14H30N2O/c1-4-13(5-2)16(3)10-8-12-7-6-9-14(12,15)11-17/h12-13,17H,4-11,15H2,1-3H3. The molecule has 0 bridgehead atoms. The Kier molecular flexibility index (Phi) is 5.90. The molecule has 1 saturated carbocycles. The van der Waals surface area contributed by atoms with E-state index in [2.05, 4.69) is 25.8 Å². The van der Waals surface area contributed by atoms with Crippen molar-refractivity contribution in [3.63, 3.8) is 0 Å². The highest BCUT2D eigenvalue weighted by Gasteiger charge is 2.38. The summed E-state index contributed by atoms with van der Waals surface area (Å²) >= 11 is 0.